The Balaban J connectivity index is 2.21. The maximum absolute atomic E-state index is 10.7. The smallest absolute Gasteiger partial charge is 0.178 e. The molecule has 1 aliphatic carbocycles. The fraction of sp³-hybridized carbons (Fsp3) is 0.375. The third-order valence-corrected chi connectivity index (χ3v) is 1.92. The third-order valence-electron chi connectivity index (χ3n) is 1.92. The lowest BCUT2D eigenvalue weighted by Gasteiger charge is -2.37. The van der Waals surface area contributed by atoms with E-state index in [1.807, 2.05) is 12.2 Å². The lowest BCUT2D eigenvalue weighted by Crippen LogP contribution is -2.41. The topological polar surface area (TPSA) is 26.3 Å². The predicted octanol–water partition coefficient (Wildman–Crippen LogP) is 0.841. The van der Waals surface area contributed by atoms with Crippen LogP contribution in [0.4, 0.5) is 0 Å². The van der Waals surface area contributed by atoms with Crippen molar-refractivity contribution in [1.82, 2.24) is 0 Å². The Labute approximate surface area is 59.2 Å². The number of hydrogen-bond donors (Lipinski definition) is 0. The van der Waals surface area contributed by atoms with E-state index in [1.54, 1.807) is 12.2 Å². The van der Waals surface area contributed by atoms with Gasteiger partial charge in [0.05, 0.1) is 6.61 Å². The molecular weight excluding hydrogens is 128 g/mol. The summed E-state index contributed by atoms with van der Waals surface area (Å²) in [6.45, 7) is 0.808. The van der Waals surface area contributed by atoms with Gasteiger partial charge in [0.2, 0.25) is 0 Å². The molecule has 10 heavy (non-hydrogen) atoms. The zero-order valence-electron chi connectivity index (χ0n) is 5.54. The molecule has 1 heterocycles. The molecule has 1 saturated heterocycles. The molecule has 52 valence electrons. The van der Waals surface area contributed by atoms with E-state index in [-0.39, 0.29) is 11.4 Å². The first-order chi connectivity index (χ1) is 4.81. The molecule has 0 unspecified atom stereocenters. The quantitative estimate of drug-likeness (QED) is 0.493. The highest BCUT2D eigenvalue weighted by Crippen LogP contribution is 2.31. The highest BCUT2D eigenvalue weighted by molar-refractivity contribution is 6.00. The summed E-state index contributed by atoms with van der Waals surface area (Å²) in [6, 6.07) is 0. The number of ether oxygens (including phenoxy) is 1. The van der Waals surface area contributed by atoms with Crippen LogP contribution in [0.3, 0.4) is 0 Å². The summed E-state index contributed by atoms with van der Waals surface area (Å²) in [4.78, 5) is 10.7. The minimum absolute atomic E-state index is 0.0566. The maximum atomic E-state index is 10.7. The lowest BCUT2D eigenvalue weighted by molar-refractivity contribution is -0.112. The van der Waals surface area contributed by atoms with Crippen molar-refractivity contribution in [2.45, 2.75) is 12.0 Å². The Hall–Kier alpha value is -0.890. The van der Waals surface area contributed by atoms with Crippen molar-refractivity contribution in [1.29, 1.82) is 0 Å². The van der Waals surface area contributed by atoms with Crippen molar-refractivity contribution in [3.8, 4) is 0 Å². The second-order valence-electron chi connectivity index (χ2n) is 2.62. The summed E-state index contributed by atoms with van der Waals surface area (Å²) >= 11 is 0. The van der Waals surface area contributed by atoms with Crippen LogP contribution in [0.2, 0.25) is 0 Å². The summed E-state index contributed by atoms with van der Waals surface area (Å²) in [5.74, 6) is 0.0566. The van der Waals surface area contributed by atoms with Crippen LogP contribution in [-0.4, -0.2) is 18.0 Å². The van der Waals surface area contributed by atoms with Crippen LogP contribution in [0.15, 0.2) is 24.3 Å². The van der Waals surface area contributed by atoms with Gasteiger partial charge in [-0.25, -0.2) is 0 Å². The first kappa shape index (κ1) is 5.86. The summed E-state index contributed by atoms with van der Waals surface area (Å²) in [6.07, 6.45) is 7.81. The van der Waals surface area contributed by atoms with Gasteiger partial charge in [-0.3, -0.25) is 4.79 Å². The Bertz CT molecular complexity index is 203. The standard InChI is InChI=1S/C8H8O2/c9-7-1-3-8(4-2-7)5-6-10-8/h1-4H,5-6H2. The molecular formula is C8H8O2. The summed E-state index contributed by atoms with van der Waals surface area (Å²) in [5.41, 5.74) is -0.200. The number of allylic oxidation sites excluding steroid dienone is 2. The number of carbonyl (C=O) groups is 1. The van der Waals surface area contributed by atoms with E-state index in [1.165, 1.54) is 0 Å². The predicted molar refractivity (Wildman–Crippen MR) is 36.6 cm³/mol. The van der Waals surface area contributed by atoms with E-state index in [9.17, 15) is 4.79 Å². The van der Waals surface area contributed by atoms with E-state index in [0.29, 0.717) is 0 Å². The molecule has 2 rings (SSSR count). The van der Waals surface area contributed by atoms with Crippen molar-refractivity contribution < 1.29 is 9.53 Å². The molecule has 1 spiro atoms. The number of rotatable bonds is 0. The molecule has 2 aliphatic rings. The lowest BCUT2D eigenvalue weighted by atomic mass is 9.90. The van der Waals surface area contributed by atoms with Gasteiger partial charge in [-0.15, -0.1) is 0 Å². The number of carbonyl (C=O) groups excluding carboxylic acids is 1. The van der Waals surface area contributed by atoms with Crippen molar-refractivity contribution in [2.24, 2.45) is 0 Å². The zero-order valence-corrected chi connectivity index (χ0v) is 5.54. The van der Waals surface area contributed by atoms with Gasteiger partial charge in [0, 0.05) is 6.42 Å². The van der Waals surface area contributed by atoms with Crippen molar-refractivity contribution in [3.05, 3.63) is 24.3 Å². The average Bonchev–Trinajstić information content (AvgIpc) is 1.86. The molecule has 2 heteroatoms. The van der Waals surface area contributed by atoms with Crippen LogP contribution in [0.25, 0.3) is 0 Å². The Morgan fingerprint density at radius 3 is 2.40 bits per heavy atom. The molecule has 0 aromatic rings. The minimum atomic E-state index is -0.200. The fourth-order valence-electron chi connectivity index (χ4n) is 1.16. The van der Waals surface area contributed by atoms with Gasteiger partial charge < -0.3 is 4.74 Å². The largest absolute Gasteiger partial charge is 0.367 e. The van der Waals surface area contributed by atoms with Crippen LogP contribution in [0.5, 0.6) is 0 Å². The first-order valence-corrected chi connectivity index (χ1v) is 3.37. The molecule has 0 bridgehead atoms. The van der Waals surface area contributed by atoms with E-state index in [0.717, 1.165) is 13.0 Å². The van der Waals surface area contributed by atoms with Gasteiger partial charge >= 0.3 is 0 Å². The number of ketones is 1. The SMILES string of the molecule is O=C1C=CC2(C=C1)CCO2. The second-order valence-corrected chi connectivity index (χ2v) is 2.62. The molecule has 0 radical (unpaired) electrons. The van der Waals surface area contributed by atoms with E-state index in [2.05, 4.69) is 0 Å². The summed E-state index contributed by atoms with van der Waals surface area (Å²) in [5, 5.41) is 0. The van der Waals surface area contributed by atoms with Gasteiger partial charge in [0.1, 0.15) is 5.60 Å². The highest BCUT2D eigenvalue weighted by atomic mass is 16.5. The molecule has 2 nitrogen and oxygen atoms in total. The second kappa shape index (κ2) is 1.80. The van der Waals surface area contributed by atoms with Crippen molar-refractivity contribution in [2.75, 3.05) is 6.61 Å². The molecule has 0 atom stereocenters. The van der Waals surface area contributed by atoms with Crippen LogP contribution < -0.4 is 0 Å². The van der Waals surface area contributed by atoms with Gasteiger partial charge in [0.25, 0.3) is 0 Å². The maximum Gasteiger partial charge on any atom is 0.178 e. The van der Waals surface area contributed by atoms with Crippen LogP contribution in [0.1, 0.15) is 6.42 Å². The van der Waals surface area contributed by atoms with Crippen molar-refractivity contribution in [3.63, 3.8) is 0 Å². The Morgan fingerprint density at radius 1 is 1.40 bits per heavy atom. The van der Waals surface area contributed by atoms with Crippen LogP contribution in [0, 0.1) is 0 Å². The van der Waals surface area contributed by atoms with Gasteiger partial charge in [-0.2, -0.15) is 0 Å². The molecule has 1 fully saturated rings. The molecule has 1 aliphatic heterocycles. The molecule has 0 N–H and O–H groups in total. The third kappa shape index (κ3) is 0.727. The molecule has 0 aromatic heterocycles. The Morgan fingerprint density at radius 2 is 2.00 bits per heavy atom. The normalized spacial score (nSPS) is 27.0. The minimum Gasteiger partial charge on any atom is -0.367 e. The fourth-order valence-corrected chi connectivity index (χ4v) is 1.16. The molecule has 0 amide bonds. The summed E-state index contributed by atoms with van der Waals surface area (Å²) in [7, 11) is 0. The Kier molecular flexibility index (Phi) is 1.05. The van der Waals surface area contributed by atoms with Gasteiger partial charge in [-0.1, -0.05) is 0 Å². The van der Waals surface area contributed by atoms with Crippen LogP contribution in [-0.2, 0) is 9.53 Å². The van der Waals surface area contributed by atoms with Gasteiger partial charge in [-0.05, 0) is 24.3 Å². The van der Waals surface area contributed by atoms with Crippen LogP contribution >= 0.6 is 0 Å². The van der Waals surface area contributed by atoms with Crippen molar-refractivity contribution >= 4 is 5.78 Å². The number of hydrogen-bond acceptors (Lipinski definition) is 2. The molecule has 0 saturated carbocycles. The zero-order chi connectivity index (χ0) is 7.03. The highest BCUT2D eigenvalue weighted by Gasteiger charge is 2.34. The summed E-state index contributed by atoms with van der Waals surface area (Å²) < 4.78 is 5.28. The first-order valence-electron chi connectivity index (χ1n) is 3.37. The van der Waals surface area contributed by atoms with Gasteiger partial charge in [0.15, 0.2) is 5.78 Å². The van der Waals surface area contributed by atoms with E-state index >= 15 is 0 Å². The monoisotopic (exact) mass is 136 g/mol. The van der Waals surface area contributed by atoms with E-state index < -0.39 is 0 Å². The molecule has 0 aromatic carbocycles. The van der Waals surface area contributed by atoms with E-state index in [4.69, 9.17) is 4.74 Å². The average molecular weight is 136 g/mol.